The Labute approximate surface area is 165 Å². The highest BCUT2D eigenvalue weighted by atomic mass is 35.5. The molecular formula is C19H13Cl2FN4O. The van der Waals surface area contributed by atoms with Crippen molar-refractivity contribution in [2.75, 3.05) is 0 Å². The molecule has 3 aromatic rings. The third kappa shape index (κ3) is 3.85. The minimum Gasteiger partial charge on any atom is -0.370 e. The number of guanidine groups is 1. The van der Waals surface area contributed by atoms with E-state index in [0.29, 0.717) is 16.3 Å². The van der Waals surface area contributed by atoms with Crippen LogP contribution in [0.3, 0.4) is 0 Å². The first kappa shape index (κ1) is 20.2. The molecule has 27 heavy (non-hydrogen) atoms. The SMILES string of the molecule is Cl.N#Cc1ccc2ccc(C(=O)N=C(N)N)cc2c1-c1c(F)cccc1Cl. The third-order valence-corrected chi connectivity index (χ3v) is 4.15. The highest BCUT2D eigenvalue weighted by Crippen LogP contribution is 2.38. The van der Waals surface area contributed by atoms with Gasteiger partial charge in [-0.25, -0.2) is 4.39 Å². The van der Waals surface area contributed by atoms with E-state index in [1.807, 2.05) is 6.07 Å². The predicted octanol–water partition coefficient (Wildman–Crippen LogP) is 4.01. The summed E-state index contributed by atoms with van der Waals surface area (Å²) in [6, 6.07) is 14.3. The molecule has 136 valence electrons. The molecule has 0 radical (unpaired) electrons. The van der Waals surface area contributed by atoms with Crippen LogP contribution in [0.15, 0.2) is 53.5 Å². The van der Waals surface area contributed by atoms with Crippen LogP contribution in [-0.2, 0) is 0 Å². The number of nitriles is 1. The maximum absolute atomic E-state index is 14.5. The van der Waals surface area contributed by atoms with Crippen molar-refractivity contribution in [2.45, 2.75) is 0 Å². The average molecular weight is 403 g/mol. The number of nitrogens with two attached hydrogens (primary N) is 2. The summed E-state index contributed by atoms with van der Waals surface area (Å²) in [5, 5.41) is 10.8. The zero-order chi connectivity index (χ0) is 18.8. The van der Waals surface area contributed by atoms with Gasteiger partial charge in [-0.05, 0) is 41.1 Å². The monoisotopic (exact) mass is 402 g/mol. The van der Waals surface area contributed by atoms with Crippen molar-refractivity contribution < 1.29 is 9.18 Å². The van der Waals surface area contributed by atoms with Gasteiger partial charge < -0.3 is 11.5 Å². The highest BCUT2D eigenvalue weighted by Gasteiger charge is 2.18. The first-order valence-corrected chi connectivity index (χ1v) is 7.85. The van der Waals surface area contributed by atoms with Crippen molar-refractivity contribution in [3.05, 3.63) is 70.5 Å². The molecule has 8 heteroatoms. The number of nitrogens with zero attached hydrogens (tertiary/aromatic N) is 2. The van der Waals surface area contributed by atoms with E-state index in [0.717, 1.165) is 0 Å². The van der Waals surface area contributed by atoms with Crippen molar-refractivity contribution in [1.82, 2.24) is 0 Å². The second-order valence-electron chi connectivity index (χ2n) is 5.47. The van der Waals surface area contributed by atoms with Gasteiger partial charge in [0.25, 0.3) is 5.91 Å². The zero-order valence-electron chi connectivity index (χ0n) is 13.7. The van der Waals surface area contributed by atoms with Crippen LogP contribution in [0.4, 0.5) is 4.39 Å². The molecule has 0 fully saturated rings. The van der Waals surface area contributed by atoms with Crippen LogP contribution in [0.2, 0.25) is 5.02 Å². The lowest BCUT2D eigenvalue weighted by molar-refractivity contribution is 0.100. The molecule has 0 unspecified atom stereocenters. The number of hydrogen-bond acceptors (Lipinski definition) is 2. The van der Waals surface area contributed by atoms with E-state index in [1.165, 1.54) is 24.3 Å². The van der Waals surface area contributed by atoms with Crippen molar-refractivity contribution in [2.24, 2.45) is 16.5 Å². The molecule has 0 saturated heterocycles. The van der Waals surface area contributed by atoms with E-state index in [-0.39, 0.29) is 40.1 Å². The normalized spacial score (nSPS) is 9.96. The lowest BCUT2D eigenvalue weighted by Crippen LogP contribution is -2.24. The lowest BCUT2D eigenvalue weighted by Gasteiger charge is -2.12. The second-order valence-corrected chi connectivity index (χ2v) is 5.88. The topological polar surface area (TPSA) is 105 Å². The molecule has 0 aromatic heterocycles. The number of aliphatic imine (C=N–C) groups is 1. The van der Waals surface area contributed by atoms with Gasteiger partial charge in [0.15, 0.2) is 5.96 Å². The summed E-state index contributed by atoms with van der Waals surface area (Å²) >= 11 is 6.19. The Balaban J connectivity index is 0.00000261. The molecule has 1 amide bonds. The average Bonchev–Trinajstić information content (AvgIpc) is 2.60. The van der Waals surface area contributed by atoms with E-state index in [4.69, 9.17) is 23.1 Å². The maximum atomic E-state index is 14.5. The number of carbonyl (C=O) groups is 1. The molecule has 0 atom stereocenters. The summed E-state index contributed by atoms with van der Waals surface area (Å²) in [6.07, 6.45) is 0. The Morgan fingerprint density at radius 2 is 1.81 bits per heavy atom. The van der Waals surface area contributed by atoms with Crippen molar-refractivity contribution in [1.29, 1.82) is 5.26 Å². The Kier molecular flexibility index (Phi) is 6.01. The van der Waals surface area contributed by atoms with Gasteiger partial charge in [0.2, 0.25) is 0 Å². The van der Waals surface area contributed by atoms with Gasteiger partial charge in [-0.2, -0.15) is 10.3 Å². The number of benzene rings is 3. The third-order valence-electron chi connectivity index (χ3n) is 3.83. The summed E-state index contributed by atoms with van der Waals surface area (Å²) in [4.78, 5) is 15.6. The van der Waals surface area contributed by atoms with Gasteiger partial charge in [0.05, 0.1) is 16.7 Å². The van der Waals surface area contributed by atoms with Crippen LogP contribution < -0.4 is 11.5 Å². The molecule has 3 rings (SSSR count). The minimum atomic E-state index is -0.639. The minimum absolute atomic E-state index is 0. The Bertz CT molecular complexity index is 1100. The molecule has 5 nitrogen and oxygen atoms in total. The Morgan fingerprint density at radius 3 is 2.44 bits per heavy atom. The zero-order valence-corrected chi connectivity index (χ0v) is 15.3. The van der Waals surface area contributed by atoms with Crippen molar-refractivity contribution in [3.8, 4) is 17.2 Å². The fraction of sp³-hybridized carbons (Fsp3) is 0. The van der Waals surface area contributed by atoms with E-state index in [1.54, 1.807) is 24.3 Å². The van der Waals surface area contributed by atoms with Crippen LogP contribution in [0.5, 0.6) is 0 Å². The van der Waals surface area contributed by atoms with Crippen LogP contribution in [0.25, 0.3) is 21.9 Å². The second kappa shape index (κ2) is 8.04. The van der Waals surface area contributed by atoms with Gasteiger partial charge in [-0.1, -0.05) is 29.8 Å². The fourth-order valence-corrected chi connectivity index (χ4v) is 2.99. The van der Waals surface area contributed by atoms with E-state index >= 15 is 0 Å². The molecule has 0 spiro atoms. The predicted molar refractivity (Wildman–Crippen MR) is 106 cm³/mol. The van der Waals surface area contributed by atoms with Crippen LogP contribution >= 0.6 is 24.0 Å². The van der Waals surface area contributed by atoms with E-state index in [9.17, 15) is 14.4 Å². The maximum Gasteiger partial charge on any atom is 0.280 e. The Morgan fingerprint density at radius 1 is 1.11 bits per heavy atom. The summed E-state index contributed by atoms with van der Waals surface area (Å²) in [6.45, 7) is 0. The van der Waals surface area contributed by atoms with E-state index < -0.39 is 11.7 Å². The summed E-state index contributed by atoms with van der Waals surface area (Å²) in [5.41, 5.74) is 11.3. The molecule has 0 aliphatic heterocycles. The van der Waals surface area contributed by atoms with Crippen molar-refractivity contribution >= 4 is 46.6 Å². The number of fused-ring (bicyclic) bond motifs is 1. The first-order valence-electron chi connectivity index (χ1n) is 7.47. The number of halogens is 3. The quantitative estimate of drug-likeness (QED) is 0.498. The smallest absolute Gasteiger partial charge is 0.280 e. The van der Waals surface area contributed by atoms with Crippen LogP contribution in [-0.4, -0.2) is 11.9 Å². The molecule has 4 N–H and O–H groups in total. The standard InChI is InChI=1S/C19H12ClFN4O.ClH/c20-14-2-1-3-15(21)17(14)16-12(9-22)7-5-10-4-6-11(8-13(10)16)18(26)25-19(23)24;/h1-8H,(H4,23,24,25,26);1H. The lowest BCUT2D eigenvalue weighted by atomic mass is 9.92. The first-order chi connectivity index (χ1) is 12.4. The largest absolute Gasteiger partial charge is 0.370 e. The molecule has 0 bridgehead atoms. The fourth-order valence-electron chi connectivity index (χ4n) is 2.73. The summed E-state index contributed by atoms with van der Waals surface area (Å²) < 4.78 is 14.5. The molecule has 0 aliphatic rings. The number of hydrogen-bond donors (Lipinski definition) is 2. The van der Waals surface area contributed by atoms with Crippen molar-refractivity contribution in [3.63, 3.8) is 0 Å². The van der Waals surface area contributed by atoms with Gasteiger partial charge in [0.1, 0.15) is 5.82 Å². The molecule has 0 aliphatic carbocycles. The van der Waals surface area contributed by atoms with Crippen LogP contribution in [0, 0.1) is 17.1 Å². The van der Waals surface area contributed by atoms with Gasteiger partial charge in [-0.15, -0.1) is 12.4 Å². The molecule has 0 heterocycles. The summed E-state index contributed by atoms with van der Waals surface area (Å²) in [7, 11) is 0. The summed E-state index contributed by atoms with van der Waals surface area (Å²) in [5.74, 6) is -1.57. The number of amides is 1. The number of carbonyl (C=O) groups excluding carboxylic acids is 1. The number of rotatable bonds is 2. The highest BCUT2D eigenvalue weighted by molar-refractivity contribution is 6.34. The Hall–Kier alpha value is -3.14. The van der Waals surface area contributed by atoms with Gasteiger partial charge in [0, 0.05) is 16.7 Å². The molecule has 3 aromatic carbocycles. The molecular weight excluding hydrogens is 390 g/mol. The molecule has 0 saturated carbocycles. The van der Waals surface area contributed by atoms with Gasteiger partial charge in [-0.3, -0.25) is 4.79 Å². The van der Waals surface area contributed by atoms with Crippen LogP contribution in [0.1, 0.15) is 15.9 Å². The van der Waals surface area contributed by atoms with E-state index in [2.05, 4.69) is 4.99 Å². The van der Waals surface area contributed by atoms with Gasteiger partial charge >= 0.3 is 0 Å².